The molecule has 1 aromatic heterocycles. The summed E-state index contributed by atoms with van der Waals surface area (Å²) in [5.41, 5.74) is 5.34. The summed E-state index contributed by atoms with van der Waals surface area (Å²) < 4.78 is 2.24. The van der Waals surface area contributed by atoms with Crippen LogP contribution >= 0.6 is 11.8 Å². The number of aromatic nitrogens is 2. The predicted octanol–water partition coefficient (Wildman–Crippen LogP) is 5.04. The zero-order valence-corrected chi connectivity index (χ0v) is 17.0. The molecule has 5 heteroatoms. The smallest absolute Gasteiger partial charge is 0.237 e. The van der Waals surface area contributed by atoms with Crippen LogP contribution in [-0.2, 0) is 11.3 Å². The highest BCUT2D eigenvalue weighted by atomic mass is 32.2. The number of hydrogen-bond acceptors (Lipinski definition) is 3. The summed E-state index contributed by atoms with van der Waals surface area (Å²) in [5.74, 6) is 0.0130. The Balaban J connectivity index is 2.11. The molecule has 1 amide bonds. The van der Waals surface area contributed by atoms with Crippen molar-refractivity contribution in [3.8, 4) is 0 Å². The topological polar surface area (TPSA) is 46.9 Å². The predicted molar refractivity (Wildman–Crippen MR) is 106 cm³/mol. The van der Waals surface area contributed by atoms with Crippen LogP contribution in [0.25, 0.3) is 0 Å². The van der Waals surface area contributed by atoms with Crippen LogP contribution in [0, 0.1) is 27.7 Å². The molecule has 0 bridgehead atoms. The van der Waals surface area contributed by atoms with Gasteiger partial charge in [-0.15, -0.1) is 0 Å². The fourth-order valence-electron chi connectivity index (χ4n) is 2.61. The van der Waals surface area contributed by atoms with Crippen molar-refractivity contribution in [1.82, 2.24) is 9.55 Å². The first-order valence-electron chi connectivity index (χ1n) is 8.92. The van der Waals surface area contributed by atoms with Gasteiger partial charge in [-0.25, -0.2) is 4.98 Å². The van der Waals surface area contributed by atoms with Gasteiger partial charge in [0.25, 0.3) is 0 Å². The molecule has 2 rings (SSSR count). The lowest BCUT2D eigenvalue weighted by molar-refractivity contribution is -0.115. The summed E-state index contributed by atoms with van der Waals surface area (Å²) in [6.45, 7) is 13.3. The third kappa shape index (κ3) is 4.88. The van der Waals surface area contributed by atoms with E-state index in [4.69, 9.17) is 0 Å². The van der Waals surface area contributed by atoms with Gasteiger partial charge in [0.2, 0.25) is 5.91 Å². The van der Waals surface area contributed by atoms with E-state index in [2.05, 4.69) is 34.8 Å². The highest BCUT2D eigenvalue weighted by Gasteiger charge is 2.20. The molecule has 0 saturated heterocycles. The van der Waals surface area contributed by atoms with Gasteiger partial charge in [0.05, 0.1) is 10.9 Å². The van der Waals surface area contributed by atoms with Gasteiger partial charge >= 0.3 is 0 Å². The molecule has 25 heavy (non-hydrogen) atoms. The SMILES string of the molecule is CCCCn1c(SC(C)C(=O)Nc2cc(C)ccc2C)nc(C)c1C. The molecule has 0 radical (unpaired) electrons. The van der Waals surface area contributed by atoms with Gasteiger partial charge in [0.15, 0.2) is 5.16 Å². The molecule has 1 atom stereocenters. The molecule has 1 unspecified atom stereocenters. The van der Waals surface area contributed by atoms with Gasteiger partial charge in [0, 0.05) is 17.9 Å². The van der Waals surface area contributed by atoms with Gasteiger partial charge in [-0.1, -0.05) is 37.2 Å². The Morgan fingerprint density at radius 1 is 1.28 bits per heavy atom. The van der Waals surface area contributed by atoms with Gasteiger partial charge in [-0.05, 0) is 58.2 Å². The standard InChI is InChI=1S/C20H29N3OS/c1-7-8-11-23-16(5)15(4)21-20(23)25-17(6)19(24)22-18-12-13(2)9-10-14(18)3/h9-10,12,17H,7-8,11H2,1-6H3,(H,22,24). The van der Waals surface area contributed by atoms with Crippen LogP contribution < -0.4 is 5.32 Å². The number of nitrogens with one attached hydrogen (secondary N) is 1. The first-order valence-corrected chi connectivity index (χ1v) is 9.80. The van der Waals surface area contributed by atoms with Gasteiger partial charge in [0.1, 0.15) is 0 Å². The number of benzene rings is 1. The van der Waals surface area contributed by atoms with E-state index in [1.165, 1.54) is 17.5 Å². The number of carbonyl (C=O) groups is 1. The Kier molecular flexibility index (Phi) is 6.71. The maximum Gasteiger partial charge on any atom is 0.237 e. The van der Waals surface area contributed by atoms with E-state index in [0.717, 1.165) is 47.1 Å². The Morgan fingerprint density at radius 3 is 2.68 bits per heavy atom. The molecule has 4 nitrogen and oxygen atoms in total. The number of carbonyl (C=O) groups excluding carboxylic acids is 1. The minimum atomic E-state index is -0.207. The summed E-state index contributed by atoms with van der Waals surface area (Å²) in [7, 11) is 0. The van der Waals surface area contributed by atoms with Crippen molar-refractivity contribution in [2.24, 2.45) is 0 Å². The Morgan fingerprint density at radius 2 is 2.00 bits per heavy atom. The maximum absolute atomic E-state index is 12.6. The summed E-state index contributed by atoms with van der Waals surface area (Å²) in [6.07, 6.45) is 2.26. The molecule has 0 spiro atoms. The van der Waals surface area contributed by atoms with Crippen LogP contribution in [0.3, 0.4) is 0 Å². The molecular formula is C20H29N3OS. The van der Waals surface area contributed by atoms with E-state index in [1.807, 2.05) is 39.8 Å². The van der Waals surface area contributed by atoms with Crippen LogP contribution in [0.5, 0.6) is 0 Å². The van der Waals surface area contributed by atoms with E-state index in [1.54, 1.807) is 0 Å². The lowest BCUT2D eigenvalue weighted by atomic mass is 10.1. The molecule has 2 aromatic rings. The normalized spacial score (nSPS) is 12.2. The zero-order chi connectivity index (χ0) is 18.6. The lowest BCUT2D eigenvalue weighted by Crippen LogP contribution is -2.23. The number of amides is 1. The fourth-order valence-corrected chi connectivity index (χ4v) is 3.64. The summed E-state index contributed by atoms with van der Waals surface area (Å²) in [6, 6.07) is 6.10. The number of nitrogens with zero attached hydrogens (tertiary/aromatic N) is 2. The van der Waals surface area contributed by atoms with Gasteiger partial charge in [-0.3, -0.25) is 4.79 Å². The van der Waals surface area contributed by atoms with Crippen molar-refractivity contribution in [3.63, 3.8) is 0 Å². The van der Waals surface area contributed by atoms with E-state index in [-0.39, 0.29) is 11.2 Å². The average molecular weight is 360 g/mol. The molecule has 1 N–H and O–H groups in total. The lowest BCUT2D eigenvalue weighted by Gasteiger charge is -2.15. The van der Waals surface area contributed by atoms with E-state index < -0.39 is 0 Å². The summed E-state index contributed by atoms with van der Waals surface area (Å²) >= 11 is 1.53. The van der Waals surface area contributed by atoms with Crippen LogP contribution in [0.4, 0.5) is 5.69 Å². The van der Waals surface area contributed by atoms with Crippen molar-refractivity contribution in [1.29, 1.82) is 0 Å². The third-order valence-electron chi connectivity index (χ3n) is 4.46. The highest BCUT2D eigenvalue weighted by molar-refractivity contribution is 8.00. The molecule has 0 saturated carbocycles. The Hall–Kier alpha value is -1.75. The number of hydrogen-bond donors (Lipinski definition) is 1. The molecule has 0 aliphatic carbocycles. The quantitative estimate of drug-likeness (QED) is 0.705. The molecule has 0 aliphatic heterocycles. The second kappa shape index (κ2) is 8.56. The molecule has 0 fully saturated rings. The number of aryl methyl sites for hydroxylation is 3. The van der Waals surface area contributed by atoms with Crippen molar-refractivity contribution < 1.29 is 4.79 Å². The first kappa shape index (κ1) is 19.6. The van der Waals surface area contributed by atoms with Crippen LogP contribution in [0.15, 0.2) is 23.4 Å². The number of thioether (sulfide) groups is 1. The second-order valence-electron chi connectivity index (χ2n) is 6.64. The van der Waals surface area contributed by atoms with Gasteiger partial charge < -0.3 is 9.88 Å². The largest absolute Gasteiger partial charge is 0.325 e. The second-order valence-corrected chi connectivity index (χ2v) is 7.95. The van der Waals surface area contributed by atoms with E-state index >= 15 is 0 Å². The maximum atomic E-state index is 12.6. The molecule has 1 aromatic carbocycles. The van der Waals surface area contributed by atoms with E-state index in [9.17, 15) is 4.79 Å². The monoisotopic (exact) mass is 359 g/mol. The zero-order valence-electron chi connectivity index (χ0n) is 16.1. The number of anilines is 1. The van der Waals surface area contributed by atoms with E-state index in [0.29, 0.717) is 0 Å². The van der Waals surface area contributed by atoms with Gasteiger partial charge in [-0.2, -0.15) is 0 Å². The summed E-state index contributed by atoms with van der Waals surface area (Å²) in [4.78, 5) is 17.3. The molecule has 136 valence electrons. The van der Waals surface area contributed by atoms with Crippen LogP contribution in [0.2, 0.25) is 0 Å². The Labute approximate surface area is 155 Å². The fraction of sp³-hybridized carbons (Fsp3) is 0.500. The third-order valence-corrected chi connectivity index (χ3v) is 5.55. The molecule has 0 aliphatic rings. The van der Waals surface area contributed by atoms with Crippen molar-refractivity contribution >= 4 is 23.4 Å². The minimum Gasteiger partial charge on any atom is -0.325 e. The number of imidazole rings is 1. The first-order chi connectivity index (χ1) is 11.8. The van der Waals surface area contributed by atoms with Crippen LogP contribution in [-0.4, -0.2) is 20.7 Å². The number of unbranched alkanes of at least 4 members (excludes halogenated alkanes) is 1. The molecular weight excluding hydrogens is 330 g/mol. The van der Waals surface area contributed by atoms with Crippen molar-refractivity contribution in [2.75, 3.05) is 5.32 Å². The Bertz CT molecular complexity index is 752. The average Bonchev–Trinajstić information content (AvgIpc) is 2.83. The van der Waals surface area contributed by atoms with Crippen molar-refractivity contribution in [3.05, 3.63) is 40.7 Å². The minimum absolute atomic E-state index is 0.0130. The molecule has 1 heterocycles. The number of rotatable bonds is 7. The highest BCUT2D eigenvalue weighted by Crippen LogP contribution is 2.27. The van der Waals surface area contributed by atoms with Crippen molar-refractivity contribution in [2.45, 2.75) is 71.3 Å². The van der Waals surface area contributed by atoms with Crippen LogP contribution in [0.1, 0.15) is 49.2 Å². The summed E-state index contributed by atoms with van der Waals surface area (Å²) in [5, 5.41) is 3.79.